The quantitative estimate of drug-likeness (QED) is 0.705. The molecule has 1 rings (SSSR count). The normalized spacial score (nSPS) is 8.86. The molecule has 0 aromatic carbocycles. The summed E-state index contributed by atoms with van der Waals surface area (Å²) in [7, 11) is 1.30. The minimum absolute atomic E-state index is 0.0247. The zero-order valence-corrected chi connectivity index (χ0v) is 7.65. The molecule has 1 heterocycles. The first-order chi connectivity index (χ1) is 6.77. The number of methoxy groups -OCH3 is 1. The summed E-state index contributed by atoms with van der Waals surface area (Å²) in [5, 5.41) is 11.4. The van der Waals surface area contributed by atoms with Gasteiger partial charge in [0.05, 0.1) is 12.8 Å². The molecular weight excluding hydrogens is 182 g/mol. The van der Waals surface area contributed by atoms with E-state index < -0.39 is 5.97 Å². The van der Waals surface area contributed by atoms with E-state index in [-0.39, 0.29) is 12.2 Å². The Bertz CT molecular complexity index is 371. The highest BCUT2D eigenvalue weighted by molar-refractivity contribution is 5.75. The molecule has 0 spiro atoms. The minimum Gasteiger partial charge on any atom is -0.468 e. The second-order valence-corrected chi connectivity index (χ2v) is 2.44. The molecular formula is C9H9N3O2. The molecule has 5 nitrogen and oxygen atoms in total. The molecule has 14 heavy (non-hydrogen) atoms. The maximum absolute atomic E-state index is 10.8. The van der Waals surface area contributed by atoms with Gasteiger partial charge in [0.2, 0.25) is 0 Å². The van der Waals surface area contributed by atoms with Gasteiger partial charge >= 0.3 is 5.97 Å². The average Bonchev–Trinajstić information content (AvgIpc) is 2.26. The third-order valence-corrected chi connectivity index (χ3v) is 1.56. The minimum atomic E-state index is -0.391. The van der Waals surface area contributed by atoms with Crippen LogP contribution in [0.1, 0.15) is 5.69 Å². The van der Waals surface area contributed by atoms with Crippen molar-refractivity contribution in [1.82, 2.24) is 4.98 Å². The monoisotopic (exact) mass is 191 g/mol. The Morgan fingerprint density at radius 1 is 1.79 bits per heavy atom. The van der Waals surface area contributed by atoms with Gasteiger partial charge in [-0.1, -0.05) is 0 Å². The number of pyridine rings is 1. The summed E-state index contributed by atoms with van der Waals surface area (Å²) in [6.45, 7) is 0.0247. The Balaban J connectivity index is 2.68. The number of rotatable bonds is 3. The summed E-state index contributed by atoms with van der Waals surface area (Å²) in [5.74, 6) is -0.391. The predicted octanol–water partition coefficient (Wildman–Crippen LogP) is 0.538. The Morgan fingerprint density at radius 3 is 3.21 bits per heavy atom. The average molecular weight is 191 g/mol. The molecule has 1 N–H and O–H groups in total. The molecule has 0 saturated heterocycles. The van der Waals surface area contributed by atoms with E-state index in [2.05, 4.69) is 15.0 Å². The number of anilines is 1. The van der Waals surface area contributed by atoms with Crippen molar-refractivity contribution < 1.29 is 9.53 Å². The zero-order chi connectivity index (χ0) is 10.4. The van der Waals surface area contributed by atoms with Crippen molar-refractivity contribution in [3.63, 3.8) is 0 Å². The van der Waals surface area contributed by atoms with Crippen molar-refractivity contribution in [3.05, 3.63) is 24.0 Å². The highest BCUT2D eigenvalue weighted by Gasteiger charge is 2.04. The van der Waals surface area contributed by atoms with Crippen LogP contribution in [0.4, 0.5) is 5.69 Å². The Labute approximate surface area is 81.3 Å². The molecule has 0 aliphatic carbocycles. The first kappa shape index (κ1) is 9.99. The van der Waals surface area contributed by atoms with Gasteiger partial charge in [-0.3, -0.25) is 4.79 Å². The second kappa shape index (κ2) is 4.82. The van der Waals surface area contributed by atoms with Gasteiger partial charge in [0.15, 0.2) is 5.69 Å². The molecule has 1 aromatic rings. The highest BCUT2D eigenvalue weighted by Crippen LogP contribution is 2.09. The molecule has 0 aliphatic rings. The number of nitrogens with zero attached hydrogens (tertiary/aromatic N) is 2. The fraction of sp³-hybridized carbons (Fsp3) is 0.222. The van der Waals surface area contributed by atoms with Gasteiger partial charge in [-0.15, -0.1) is 0 Å². The van der Waals surface area contributed by atoms with E-state index in [0.29, 0.717) is 5.69 Å². The lowest BCUT2D eigenvalue weighted by Gasteiger charge is -2.04. The Hall–Kier alpha value is -2.09. The van der Waals surface area contributed by atoms with Gasteiger partial charge in [-0.05, 0) is 12.1 Å². The largest absolute Gasteiger partial charge is 0.468 e. The SMILES string of the molecule is COC(=O)CNc1cccnc1C#N. The van der Waals surface area contributed by atoms with Crippen LogP contribution in [0.15, 0.2) is 18.3 Å². The standard InChI is InChI=1S/C9H9N3O2/c1-14-9(13)6-12-7-3-2-4-11-8(7)5-10/h2-4,12H,6H2,1H3. The molecule has 5 heteroatoms. The van der Waals surface area contributed by atoms with Crippen LogP contribution in [0.2, 0.25) is 0 Å². The number of aromatic nitrogens is 1. The van der Waals surface area contributed by atoms with Crippen LogP contribution in [-0.4, -0.2) is 24.6 Å². The molecule has 0 atom stereocenters. The Morgan fingerprint density at radius 2 is 2.57 bits per heavy atom. The summed E-state index contributed by atoms with van der Waals surface area (Å²) in [5.41, 5.74) is 0.789. The Kier molecular flexibility index (Phi) is 3.44. The van der Waals surface area contributed by atoms with Crippen molar-refractivity contribution in [2.45, 2.75) is 0 Å². The van der Waals surface area contributed by atoms with Crippen molar-refractivity contribution in [1.29, 1.82) is 5.26 Å². The predicted molar refractivity (Wildman–Crippen MR) is 49.5 cm³/mol. The van der Waals surface area contributed by atoms with E-state index in [4.69, 9.17) is 5.26 Å². The molecule has 0 bridgehead atoms. The van der Waals surface area contributed by atoms with Crippen LogP contribution >= 0.6 is 0 Å². The first-order valence-electron chi connectivity index (χ1n) is 3.93. The fourth-order valence-electron chi connectivity index (χ4n) is 0.877. The molecule has 0 saturated carbocycles. The number of hydrogen-bond acceptors (Lipinski definition) is 5. The van der Waals surface area contributed by atoms with Crippen molar-refractivity contribution in [2.75, 3.05) is 19.0 Å². The maximum Gasteiger partial charge on any atom is 0.325 e. The molecule has 0 fully saturated rings. The maximum atomic E-state index is 10.8. The van der Waals surface area contributed by atoms with Gasteiger partial charge < -0.3 is 10.1 Å². The number of nitrogens with one attached hydrogen (secondary N) is 1. The lowest BCUT2D eigenvalue weighted by molar-refractivity contribution is -0.138. The van der Waals surface area contributed by atoms with Gasteiger partial charge in [-0.2, -0.15) is 5.26 Å². The fourth-order valence-corrected chi connectivity index (χ4v) is 0.877. The molecule has 0 unspecified atom stereocenters. The smallest absolute Gasteiger partial charge is 0.325 e. The molecule has 0 aliphatic heterocycles. The molecule has 0 amide bonds. The topological polar surface area (TPSA) is 75.0 Å². The van der Waals surface area contributed by atoms with Crippen molar-refractivity contribution >= 4 is 11.7 Å². The second-order valence-electron chi connectivity index (χ2n) is 2.44. The summed E-state index contributed by atoms with van der Waals surface area (Å²) in [6.07, 6.45) is 1.52. The van der Waals surface area contributed by atoms with Crippen LogP contribution in [0.5, 0.6) is 0 Å². The third-order valence-electron chi connectivity index (χ3n) is 1.56. The van der Waals surface area contributed by atoms with Crippen molar-refractivity contribution in [2.24, 2.45) is 0 Å². The number of nitriles is 1. The van der Waals surface area contributed by atoms with Crippen LogP contribution < -0.4 is 5.32 Å². The van der Waals surface area contributed by atoms with Gasteiger partial charge in [-0.25, -0.2) is 4.98 Å². The third kappa shape index (κ3) is 2.45. The zero-order valence-electron chi connectivity index (χ0n) is 7.65. The lowest BCUT2D eigenvalue weighted by Crippen LogP contribution is -2.15. The van der Waals surface area contributed by atoms with Crippen LogP contribution in [-0.2, 0) is 9.53 Å². The van der Waals surface area contributed by atoms with E-state index in [9.17, 15) is 4.79 Å². The van der Waals surface area contributed by atoms with Crippen molar-refractivity contribution in [3.8, 4) is 6.07 Å². The number of carbonyl (C=O) groups excluding carboxylic acids is 1. The number of hydrogen-bond donors (Lipinski definition) is 1. The van der Waals surface area contributed by atoms with Gasteiger partial charge in [0.25, 0.3) is 0 Å². The first-order valence-corrected chi connectivity index (χ1v) is 3.93. The van der Waals surface area contributed by atoms with E-state index >= 15 is 0 Å². The highest BCUT2D eigenvalue weighted by atomic mass is 16.5. The number of ether oxygens (including phenoxy) is 1. The molecule has 0 radical (unpaired) electrons. The van der Waals surface area contributed by atoms with Crippen LogP contribution in [0, 0.1) is 11.3 Å². The van der Waals surface area contributed by atoms with Gasteiger partial charge in [0, 0.05) is 6.20 Å². The number of carbonyl (C=O) groups is 1. The lowest BCUT2D eigenvalue weighted by atomic mass is 10.3. The van der Waals surface area contributed by atoms with Gasteiger partial charge in [0.1, 0.15) is 12.6 Å². The summed E-state index contributed by atoms with van der Waals surface area (Å²) in [6, 6.07) is 5.27. The van der Waals surface area contributed by atoms with Crippen LogP contribution in [0.3, 0.4) is 0 Å². The van der Waals surface area contributed by atoms with E-state index in [1.165, 1.54) is 13.3 Å². The number of esters is 1. The van der Waals surface area contributed by atoms with E-state index in [1.54, 1.807) is 12.1 Å². The summed E-state index contributed by atoms with van der Waals surface area (Å²) in [4.78, 5) is 14.6. The van der Waals surface area contributed by atoms with E-state index in [0.717, 1.165) is 0 Å². The summed E-state index contributed by atoms with van der Waals surface area (Å²) < 4.78 is 4.44. The molecule has 72 valence electrons. The molecule has 1 aromatic heterocycles. The summed E-state index contributed by atoms with van der Waals surface area (Å²) >= 11 is 0. The van der Waals surface area contributed by atoms with E-state index in [1.807, 2.05) is 6.07 Å². The van der Waals surface area contributed by atoms with Crippen LogP contribution in [0.25, 0.3) is 0 Å².